The van der Waals surface area contributed by atoms with Gasteiger partial charge >= 0.3 is 0 Å². The van der Waals surface area contributed by atoms with Crippen molar-refractivity contribution < 1.29 is 14.3 Å². The number of unbranched alkanes of at least 4 members (excludes halogenated alkanes) is 1. The fourth-order valence-electron chi connectivity index (χ4n) is 1.41. The van der Waals surface area contributed by atoms with Gasteiger partial charge < -0.3 is 9.47 Å². The smallest absolute Gasteiger partial charge is 0.298 e. The van der Waals surface area contributed by atoms with E-state index in [4.69, 9.17) is 4.74 Å². The van der Waals surface area contributed by atoms with Crippen LogP contribution in [0.4, 0.5) is 0 Å². The summed E-state index contributed by atoms with van der Waals surface area (Å²) in [4.78, 5) is 9.75. The molecule has 0 unspecified atom stereocenters. The van der Waals surface area contributed by atoms with Crippen LogP contribution in [0.25, 0.3) is 0 Å². The summed E-state index contributed by atoms with van der Waals surface area (Å²) >= 11 is 0. The molecule has 0 aliphatic carbocycles. The Balaban J connectivity index is 0.000000204. The van der Waals surface area contributed by atoms with Crippen LogP contribution in [-0.4, -0.2) is 13.1 Å². The van der Waals surface area contributed by atoms with Crippen LogP contribution in [0.3, 0.4) is 0 Å². The van der Waals surface area contributed by atoms with Gasteiger partial charge in [-0.05, 0) is 30.7 Å². The molecule has 106 valence electrons. The molecule has 2 aromatic carbocycles. The molecule has 0 radical (unpaired) electrons. The predicted molar refractivity (Wildman–Crippen MR) is 80.0 cm³/mol. The molecule has 3 nitrogen and oxygen atoms in total. The maximum Gasteiger partial charge on any atom is 0.298 e. The van der Waals surface area contributed by atoms with E-state index in [2.05, 4.69) is 11.7 Å². The lowest BCUT2D eigenvalue weighted by molar-refractivity contribution is -0.120. The molecule has 0 amide bonds. The lowest BCUT2D eigenvalue weighted by atomic mass is 10.3. The van der Waals surface area contributed by atoms with Crippen molar-refractivity contribution >= 4 is 6.47 Å². The molecule has 2 aromatic rings. The van der Waals surface area contributed by atoms with Crippen LogP contribution in [0.5, 0.6) is 11.5 Å². The minimum absolute atomic E-state index is 0.412. The van der Waals surface area contributed by atoms with Gasteiger partial charge in [0.25, 0.3) is 6.47 Å². The number of carbonyl (C=O) groups excluding carboxylic acids is 1. The lowest BCUT2D eigenvalue weighted by Gasteiger charge is -2.03. The van der Waals surface area contributed by atoms with Crippen LogP contribution in [-0.2, 0) is 4.79 Å². The third kappa shape index (κ3) is 7.21. The molecule has 0 N–H and O–H groups in total. The summed E-state index contributed by atoms with van der Waals surface area (Å²) in [6.07, 6.45) is 2.32. The van der Waals surface area contributed by atoms with Gasteiger partial charge in [0, 0.05) is 0 Å². The topological polar surface area (TPSA) is 35.5 Å². The summed E-state index contributed by atoms with van der Waals surface area (Å²) in [5.74, 6) is 1.55. The molecular formula is C17H20O3. The molecule has 0 fully saturated rings. The highest BCUT2D eigenvalue weighted by Gasteiger charge is 1.88. The first-order valence-corrected chi connectivity index (χ1v) is 6.70. The Morgan fingerprint density at radius 2 is 1.45 bits per heavy atom. The van der Waals surface area contributed by atoms with Crippen molar-refractivity contribution in [3.63, 3.8) is 0 Å². The SMILES string of the molecule is CCCCOc1ccccc1.O=COc1ccccc1. The highest BCUT2D eigenvalue weighted by Crippen LogP contribution is 2.08. The second kappa shape index (κ2) is 10.6. The lowest BCUT2D eigenvalue weighted by Crippen LogP contribution is -1.95. The third-order valence-electron chi connectivity index (χ3n) is 2.44. The number of rotatable bonds is 6. The van der Waals surface area contributed by atoms with Crippen LogP contribution >= 0.6 is 0 Å². The van der Waals surface area contributed by atoms with Crippen LogP contribution in [0, 0.1) is 0 Å². The molecule has 0 aliphatic heterocycles. The number of hydrogen-bond acceptors (Lipinski definition) is 3. The van der Waals surface area contributed by atoms with E-state index in [0.717, 1.165) is 18.8 Å². The van der Waals surface area contributed by atoms with Crippen molar-refractivity contribution in [2.24, 2.45) is 0 Å². The summed E-state index contributed by atoms with van der Waals surface area (Å²) in [7, 11) is 0. The summed E-state index contributed by atoms with van der Waals surface area (Å²) in [6, 6.07) is 18.8. The molecule has 2 rings (SSSR count). The first-order chi connectivity index (χ1) is 9.86. The van der Waals surface area contributed by atoms with Gasteiger partial charge in [-0.25, -0.2) is 0 Å². The molecule has 0 saturated heterocycles. The zero-order chi connectivity index (χ0) is 14.5. The maximum atomic E-state index is 9.75. The van der Waals surface area contributed by atoms with E-state index in [0.29, 0.717) is 12.2 Å². The fraction of sp³-hybridized carbons (Fsp3) is 0.235. The van der Waals surface area contributed by atoms with E-state index in [1.54, 1.807) is 24.3 Å². The number of benzene rings is 2. The van der Waals surface area contributed by atoms with E-state index in [-0.39, 0.29) is 0 Å². The zero-order valence-corrected chi connectivity index (χ0v) is 11.7. The van der Waals surface area contributed by atoms with Crippen molar-refractivity contribution in [3.8, 4) is 11.5 Å². The van der Waals surface area contributed by atoms with Crippen molar-refractivity contribution in [2.45, 2.75) is 19.8 Å². The molecule has 20 heavy (non-hydrogen) atoms. The van der Waals surface area contributed by atoms with Crippen molar-refractivity contribution in [2.75, 3.05) is 6.61 Å². The van der Waals surface area contributed by atoms with Crippen molar-refractivity contribution in [1.29, 1.82) is 0 Å². The molecular weight excluding hydrogens is 252 g/mol. The first kappa shape index (κ1) is 15.8. The second-order valence-corrected chi connectivity index (χ2v) is 4.04. The van der Waals surface area contributed by atoms with Crippen LogP contribution in [0.1, 0.15) is 19.8 Å². The first-order valence-electron chi connectivity index (χ1n) is 6.70. The molecule has 0 saturated carbocycles. The van der Waals surface area contributed by atoms with Gasteiger partial charge in [0.1, 0.15) is 11.5 Å². The molecule has 0 atom stereocenters. The van der Waals surface area contributed by atoms with Crippen LogP contribution < -0.4 is 9.47 Å². The Bertz CT molecular complexity index is 454. The molecule has 0 spiro atoms. The minimum Gasteiger partial charge on any atom is -0.494 e. The summed E-state index contributed by atoms with van der Waals surface area (Å²) in [5.41, 5.74) is 0. The van der Waals surface area contributed by atoms with E-state index >= 15 is 0 Å². The minimum atomic E-state index is 0.412. The van der Waals surface area contributed by atoms with Gasteiger partial charge in [-0.15, -0.1) is 0 Å². The van der Waals surface area contributed by atoms with E-state index in [1.165, 1.54) is 6.42 Å². The Hall–Kier alpha value is -2.29. The molecule has 0 aromatic heterocycles. The van der Waals surface area contributed by atoms with Crippen LogP contribution in [0.2, 0.25) is 0 Å². The van der Waals surface area contributed by atoms with E-state index in [1.807, 2.05) is 36.4 Å². The van der Waals surface area contributed by atoms with Crippen molar-refractivity contribution in [1.82, 2.24) is 0 Å². The van der Waals surface area contributed by atoms with Crippen molar-refractivity contribution in [3.05, 3.63) is 60.7 Å². The summed E-state index contributed by atoms with van der Waals surface area (Å²) < 4.78 is 9.97. The van der Waals surface area contributed by atoms with Gasteiger partial charge in [-0.3, -0.25) is 4.79 Å². The third-order valence-corrected chi connectivity index (χ3v) is 2.44. The second-order valence-electron chi connectivity index (χ2n) is 4.04. The fourth-order valence-corrected chi connectivity index (χ4v) is 1.41. The molecule has 3 heteroatoms. The van der Waals surface area contributed by atoms with Gasteiger partial charge in [0.2, 0.25) is 0 Å². The standard InChI is InChI=1S/C10H14O.C7H6O2/c1-2-3-9-11-10-7-5-4-6-8-10;8-6-9-7-4-2-1-3-5-7/h4-8H,2-3,9H2,1H3;1-6H. The Morgan fingerprint density at radius 1 is 0.900 bits per heavy atom. The summed E-state index contributed by atoms with van der Waals surface area (Å²) in [5, 5.41) is 0. The van der Waals surface area contributed by atoms with E-state index in [9.17, 15) is 4.79 Å². The van der Waals surface area contributed by atoms with Gasteiger partial charge in [0.05, 0.1) is 6.61 Å². The quantitative estimate of drug-likeness (QED) is 0.587. The average molecular weight is 272 g/mol. The highest BCUT2D eigenvalue weighted by atomic mass is 16.5. The summed E-state index contributed by atoms with van der Waals surface area (Å²) in [6.45, 7) is 3.41. The maximum absolute atomic E-state index is 9.75. The van der Waals surface area contributed by atoms with Gasteiger partial charge in [-0.2, -0.15) is 0 Å². The largest absolute Gasteiger partial charge is 0.494 e. The number of hydrogen-bond donors (Lipinski definition) is 0. The number of ether oxygens (including phenoxy) is 2. The molecule has 0 heterocycles. The molecule has 0 aliphatic rings. The Labute approximate surface area is 120 Å². The zero-order valence-electron chi connectivity index (χ0n) is 11.7. The number of para-hydroxylation sites is 2. The predicted octanol–water partition coefficient (Wildman–Crippen LogP) is 4.09. The number of carbonyl (C=O) groups is 1. The van der Waals surface area contributed by atoms with E-state index < -0.39 is 0 Å². The molecule has 0 bridgehead atoms. The van der Waals surface area contributed by atoms with Gasteiger partial charge in [0.15, 0.2) is 0 Å². The van der Waals surface area contributed by atoms with Gasteiger partial charge in [-0.1, -0.05) is 49.7 Å². The normalized spacial score (nSPS) is 9.05. The Morgan fingerprint density at radius 3 is 1.95 bits per heavy atom. The highest BCUT2D eigenvalue weighted by molar-refractivity contribution is 5.44. The average Bonchev–Trinajstić information content (AvgIpc) is 2.51. The Kier molecular flexibility index (Phi) is 8.37. The van der Waals surface area contributed by atoms with Crippen LogP contribution in [0.15, 0.2) is 60.7 Å². The monoisotopic (exact) mass is 272 g/mol.